The summed E-state index contributed by atoms with van der Waals surface area (Å²) in [5.74, 6) is -0.0325. The number of anilines is 1. The van der Waals surface area contributed by atoms with E-state index < -0.39 is 0 Å². The molecule has 5 heteroatoms. The van der Waals surface area contributed by atoms with Crippen LogP contribution in [0.2, 0.25) is 0 Å². The monoisotopic (exact) mass is 303 g/mol. The number of hydrogen-bond acceptors (Lipinski definition) is 4. The van der Waals surface area contributed by atoms with Crippen molar-refractivity contribution in [2.75, 3.05) is 11.9 Å². The molecule has 21 heavy (non-hydrogen) atoms. The van der Waals surface area contributed by atoms with Gasteiger partial charge in [-0.05, 0) is 37.1 Å². The Morgan fingerprint density at radius 2 is 2.10 bits per heavy atom. The van der Waals surface area contributed by atoms with E-state index in [9.17, 15) is 4.79 Å². The lowest BCUT2D eigenvalue weighted by Crippen LogP contribution is -2.14. The standard InChI is InChI=1S/C16H21N3OS/c1-2-12-5-7-13(8-6-12)18-15(20)10-14-11-21-16(19-14)4-3-9-17/h5-8,11H,2-4,9-10,17H2,1H3,(H,18,20). The number of benzene rings is 1. The van der Waals surface area contributed by atoms with Crippen LogP contribution in [0.15, 0.2) is 29.6 Å². The quantitative estimate of drug-likeness (QED) is 0.826. The largest absolute Gasteiger partial charge is 0.330 e. The van der Waals surface area contributed by atoms with Gasteiger partial charge in [0.05, 0.1) is 17.1 Å². The third kappa shape index (κ3) is 4.95. The highest BCUT2D eigenvalue weighted by atomic mass is 32.1. The van der Waals surface area contributed by atoms with Gasteiger partial charge in [0.25, 0.3) is 0 Å². The first-order valence-electron chi connectivity index (χ1n) is 7.23. The van der Waals surface area contributed by atoms with Gasteiger partial charge in [0, 0.05) is 17.5 Å². The maximum Gasteiger partial charge on any atom is 0.230 e. The maximum absolute atomic E-state index is 12.0. The molecule has 0 unspecified atom stereocenters. The van der Waals surface area contributed by atoms with Crippen molar-refractivity contribution in [1.29, 1.82) is 0 Å². The van der Waals surface area contributed by atoms with Crippen molar-refractivity contribution in [3.8, 4) is 0 Å². The Morgan fingerprint density at radius 1 is 1.33 bits per heavy atom. The Labute approximate surface area is 129 Å². The molecule has 1 amide bonds. The van der Waals surface area contributed by atoms with Gasteiger partial charge in [-0.1, -0.05) is 19.1 Å². The number of carbonyl (C=O) groups excluding carboxylic acids is 1. The van der Waals surface area contributed by atoms with Crippen molar-refractivity contribution in [2.45, 2.75) is 32.6 Å². The van der Waals surface area contributed by atoms with E-state index in [1.54, 1.807) is 11.3 Å². The van der Waals surface area contributed by atoms with Gasteiger partial charge in [0.15, 0.2) is 0 Å². The van der Waals surface area contributed by atoms with Gasteiger partial charge in [0.2, 0.25) is 5.91 Å². The van der Waals surface area contributed by atoms with Crippen LogP contribution < -0.4 is 11.1 Å². The molecule has 0 aliphatic rings. The number of amides is 1. The molecule has 0 atom stereocenters. The summed E-state index contributed by atoms with van der Waals surface area (Å²) in [6.07, 6.45) is 3.14. The predicted octanol–water partition coefficient (Wildman–Crippen LogP) is 2.78. The van der Waals surface area contributed by atoms with Crippen LogP contribution in [0.25, 0.3) is 0 Å². The fourth-order valence-electron chi connectivity index (χ4n) is 1.99. The zero-order chi connectivity index (χ0) is 15.1. The summed E-state index contributed by atoms with van der Waals surface area (Å²) in [4.78, 5) is 16.5. The lowest BCUT2D eigenvalue weighted by atomic mass is 10.1. The van der Waals surface area contributed by atoms with Crippen LogP contribution in [0.4, 0.5) is 5.69 Å². The number of aryl methyl sites for hydroxylation is 2. The Hall–Kier alpha value is -1.72. The average molecular weight is 303 g/mol. The average Bonchev–Trinajstić information content (AvgIpc) is 2.93. The first-order valence-corrected chi connectivity index (χ1v) is 8.11. The van der Waals surface area contributed by atoms with E-state index in [1.165, 1.54) is 5.56 Å². The molecule has 3 N–H and O–H groups in total. The van der Waals surface area contributed by atoms with Crippen molar-refractivity contribution >= 4 is 22.9 Å². The molecule has 2 aromatic rings. The first kappa shape index (κ1) is 15.7. The number of hydrogen-bond donors (Lipinski definition) is 2. The van der Waals surface area contributed by atoms with E-state index >= 15 is 0 Å². The van der Waals surface area contributed by atoms with E-state index in [0.717, 1.165) is 35.7 Å². The first-order chi connectivity index (χ1) is 10.2. The predicted molar refractivity (Wildman–Crippen MR) is 87.6 cm³/mol. The molecule has 0 bridgehead atoms. The van der Waals surface area contributed by atoms with E-state index in [-0.39, 0.29) is 5.91 Å². The number of aromatic nitrogens is 1. The number of nitrogens with two attached hydrogens (primary N) is 1. The van der Waals surface area contributed by atoms with Crippen molar-refractivity contribution in [3.05, 3.63) is 45.9 Å². The second kappa shape index (κ2) is 7.90. The van der Waals surface area contributed by atoms with Crippen LogP contribution in [0.1, 0.15) is 29.6 Å². The lowest BCUT2D eigenvalue weighted by molar-refractivity contribution is -0.115. The minimum Gasteiger partial charge on any atom is -0.330 e. The Morgan fingerprint density at radius 3 is 2.76 bits per heavy atom. The van der Waals surface area contributed by atoms with Crippen molar-refractivity contribution in [1.82, 2.24) is 4.98 Å². The molecule has 2 rings (SSSR count). The molecule has 1 heterocycles. The smallest absolute Gasteiger partial charge is 0.230 e. The summed E-state index contributed by atoms with van der Waals surface area (Å²) >= 11 is 1.60. The molecule has 0 aliphatic heterocycles. The lowest BCUT2D eigenvalue weighted by Gasteiger charge is -2.05. The summed E-state index contributed by atoms with van der Waals surface area (Å²) in [5.41, 5.74) is 8.40. The van der Waals surface area contributed by atoms with Crippen LogP contribution in [0.5, 0.6) is 0 Å². The fraction of sp³-hybridized carbons (Fsp3) is 0.375. The van der Waals surface area contributed by atoms with Crippen LogP contribution in [0.3, 0.4) is 0 Å². The fourth-order valence-corrected chi connectivity index (χ4v) is 2.83. The third-order valence-corrected chi connectivity index (χ3v) is 4.14. The van der Waals surface area contributed by atoms with Gasteiger partial charge in [-0.25, -0.2) is 4.98 Å². The molecule has 1 aromatic heterocycles. The van der Waals surface area contributed by atoms with E-state index in [0.29, 0.717) is 13.0 Å². The Balaban J connectivity index is 1.87. The minimum atomic E-state index is -0.0325. The van der Waals surface area contributed by atoms with E-state index in [1.807, 2.05) is 29.6 Å². The molecular formula is C16H21N3OS. The van der Waals surface area contributed by atoms with Gasteiger partial charge in [-0.15, -0.1) is 11.3 Å². The molecule has 112 valence electrons. The number of thiazole rings is 1. The highest BCUT2D eigenvalue weighted by molar-refractivity contribution is 7.09. The molecular weight excluding hydrogens is 282 g/mol. The Bertz CT molecular complexity index is 577. The van der Waals surface area contributed by atoms with Gasteiger partial charge >= 0.3 is 0 Å². The van der Waals surface area contributed by atoms with E-state index in [2.05, 4.69) is 17.2 Å². The second-order valence-electron chi connectivity index (χ2n) is 4.90. The molecule has 0 saturated heterocycles. The highest BCUT2D eigenvalue weighted by Crippen LogP contribution is 2.14. The van der Waals surface area contributed by atoms with Crippen LogP contribution >= 0.6 is 11.3 Å². The molecule has 0 saturated carbocycles. The zero-order valence-electron chi connectivity index (χ0n) is 12.3. The number of nitrogens with one attached hydrogen (secondary N) is 1. The maximum atomic E-state index is 12.0. The number of nitrogens with zero attached hydrogens (tertiary/aromatic N) is 1. The summed E-state index contributed by atoms with van der Waals surface area (Å²) in [6.45, 7) is 2.78. The SMILES string of the molecule is CCc1ccc(NC(=O)Cc2csc(CCCN)n2)cc1. The van der Waals surface area contributed by atoms with Crippen LogP contribution in [0, 0.1) is 0 Å². The molecule has 0 aliphatic carbocycles. The highest BCUT2D eigenvalue weighted by Gasteiger charge is 2.08. The topological polar surface area (TPSA) is 68.0 Å². The summed E-state index contributed by atoms with van der Waals surface area (Å²) in [6, 6.07) is 7.93. The van der Waals surface area contributed by atoms with Crippen LogP contribution in [-0.2, 0) is 24.1 Å². The van der Waals surface area contributed by atoms with Crippen molar-refractivity contribution in [3.63, 3.8) is 0 Å². The molecule has 0 radical (unpaired) electrons. The Kier molecular flexibility index (Phi) is 5.90. The molecule has 0 spiro atoms. The van der Waals surface area contributed by atoms with Gasteiger partial charge in [0.1, 0.15) is 0 Å². The molecule has 1 aromatic carbocycles. The van der Waals surface area contributed by atoms with Gasteiger partial charge < -0.3 is 11.1 Å². The minimum absolute atomic E-state index is 0.0325. The summed E-state index contributed by atoms with van der Waals surface area (Å²) in [5, 5.41) is 5.90. The van der Waals surface area contributed by atoms with E-state index in [4.69, 9.17) is 5.73 Å². The van der Waals surface area contributed by atoms with Gasteiger partial charge in [-0.3, -0.25) is 4.79 Å². The van der Waals surface area contributed by atoms with Crippen LogP contribution in [-0.4, -0.2) is 17.4 Å². The number of rotatable bonds is 7. The third-order valence-electron chi connectivity index (χ3n) is 3.18. The zero-order valence-corrected chi connectivity index (χ0v) is 13.1. The van der Waals surface area contributed by atoms with Crippen molar-refractivity contribution in [2.24, 2.45) is 5.73 Å². The molecule has 0 fully saturated rings. The second-order valence-corrected chi connectivity index (χ2v) is 5.84. The van der Waals surface area contributed by atoms with Crippen molar-refractivity contribution < 1.29 is 4.79 Å². The summed E-state index contributed by atoms with van der Waals surface area (Å²) < 4.78 is 0. The summed E-state index contributed by atoms with van der Waals surface area (Å²) in [7, 11) is 0. The van der Waals surface area contributed by atoms with Gasteiger partial charge in [-0.2, -0.15) is 0 Å². The number of carbonyl (C=O) groups is 1. The normalized spacial score (nSPS) is 10.6. The molecule has 4 nitrogen and oxygen atoms in total.